The monoisotopic (exact) mass is 265 g/mol. The number of imide groups is 1. The Hall–Kier alpha value is -3.20. The third kappa shape index (κ3) is 1.54. The normalized spacial score (nSPS) is 13.2. The molecule has 1 aromatic heterocycles. The third-order valence-corrected chi connectivity index (χ3v) is 3.04. The number of carbonyl (C=O) groups is 2. The van der Waals surface area contributed by atoms with Crippen molar-refractivity contribution in [1.82, 2.24) is 4.98 Å². The second-order valence-corrected chi connectivity index (χ2v) is 4.19. The molecule has 2 amide bonds. The Labute approximate surface area is 112 Å². The molecule has 0 saturated carbocycles. The first-order valence-electron chi connectivity index (χ1n) is 5.74. The van der Waals surface area contributed by atoms with Crippen LogP contribution in [0.25, 0.3) is 0 Å². The van der Waals surface area contributed by atoms with Crippen molar-refractivity contribution in [2.45, 2.75) is 0 Å². The number of nitriles is 1. The minimum atomic E-state index is -0.654. The number of carbonyl (C=O) groups excluding carboxylic acids is 2. The number of fused-ring (bicyclic) bond motifs is 1. The van der Waals surface area contributed by atoms with E-state index in [1.165, 1.54) is 24.3 Å². The number of H-pyrrole nitrogens is 1. The van der Waals surface area contributed by atoms with E-state index in [9.17, 15) is 14.4 Å². The summed E-state index contributed by atoms with van der Waals surface area (Å²) >= 11 is 0. The molecule has 0 fully saturated rings. The summed E-state index contributed by atoms with van der Waals surface area (Å²) in [6.45, 7) is 0. The van der Waals surface area contributed by atoms with Crippen molar-refractivity contribution in [2.24, 2.45) is 0 Å². The van der Waals surface area contributed by atoms with E-state index in [2.05, 4.69) is 4.98 Å². The Morgan fingerprint density at radius 1 is 0.950 bits per heavy atom. The highest BCUT2D eigenvalue weighted by atomic mass is 16.2. The predicted octanol–water partition coefficient (Wildman–Crippen LogP) is 1.05. The Balaban J connectivity index is 2.15. The molecule has 6 heteroatoms. The standard InChI is InChI=1S/C14H7N3O3/c15-7-8-5-6-11(12(18)16-8)17-13(19)9-3-1-2-4-10(9)14(17)20/h1-6H,(H,16,18). The lowest BCUT2D eigenvalue weighted by Crippen LogP contribution is -2.34. The van der Waals surface area contributed by atoms with Crippen molar-refractivity contribution >= 4 is 17.5 Å². The Morgan fingerprint density at radius 3 is 2.05 bits per heavy atom. The minimum absolute atomic E-state index is 0.0651. The van der Waals surface area contributed by atoms with Gasteiger partial charge in [-0.1, -0.05) is 12.1 Å². The van der Waals surface area contributed by atoms with Gasteiger partial charge in [-0.15, -0.1) is 0 Å². The molecule has 0 spiro atoms. The van der Waals surface area contributed by atoms with Gasteiger partial charge in [0.15, 0.2) is 0 Å². The van der Waals surface area contributed by atoms with E-state index in [-0.39, 0.29) is 22.5 Å². The summed E-state index contributed by atoms with van der Waals surface area (Å²) in [5.41, 5.74) is -0.147. The Morgan fingerprint density at radius 2 is 1.55 bits per heavy atom. The topological polar surface area (TPSA) is 94.0 Å². The van der Waals surface area contributed by atoms with Gasteiger partial charge < -0.3 is 4.98 Å². The van der Waals surface area contributed by atoms with Gasteiger partial charge in [-0.05, 0) is 24.3 Å². The maximum Gasteiger partial charge on any atom is 0.273 e. The molecule has 2 aromatic rings. The van der Waals surface area contributed by atoms with Crippen LogP contribution in [0.3, 0.4) is 0 Å². The number of nitrogens with one attached hydrogen (secondary N) is 1. The summed E-state index contributed by atoms with van der Waals surface area (Å²) in [7, 11) is 0. The number of aromatic amines is 1. The molecule has 0 atom stereocenters. The van der Waals surface area contributed by atoms with Gasteiger partial charge in [-0.3, -0.25) is 14.4 Å². The number of aromatic nitrogens is 1. The molecule has 0 unspecified atom stereocenters. The van der Waals surface area contributed by atoms with Crippen molar-refractivity contribution < 1.29 is 9.59 Å². The number of rotatable bonds is 1. The van der Waals surface area contributed by atoms with Crippen molar-refractivity contribution in [1.29, 1.82) is 5.26 Å². The maximum atomic E-state index is 12.2. The van der Waals surface area contributed by atoms with E-state index in [1.54, 1.807) is 18.2 Å². The van der Waals surface area contributed by atoms with E-state index >= 15 is 0 Å². The van der Waals surface area contributed by atoms with E-state index in [0.29, 0.717) is 0 Å². The summed E-state index contributed by atoms with van der Waals surface area (Å²) in [6, 6.07) is 10.8. The van der Waals surface area contributed by atoms with Gasteiger partial charge >= 0.3 is 0 Å². The molecule has 0 saturated heterocycles. The van der Waals surface area contributed by atoms with Gasteiger partial charge in [0.2, 0.25) is 0 Å². The number of nitrogens with zero attached hydrogens (tertiary/aromatic N) is 2. The number of benzene rings is 1. The number of hydrogen-bond donors (Lipinski definition) is 1. The molecule has 96 valence electrons. The average Bonchev–Trinajstić information content (AvgIpc) is 2.72. The van der Waals surface area contributed by atoms with E-state index in [1.807, 2.05) is 0 Å². The summed E-state index contributed by atoms with van der Waals surface area (Å²) in [6.07, 6.45) is 0. The van der Waals surface area contributed by atoms with Crippen LogP contribution in [-0.4, -0.2) is 16.8 Å². The largest absolute Gasteiger partial charge is 0.312 e. The molecule has 1 aromatic carbocycles. The molecule has 0 aliphatic carbocycles. The molecule has 0 bridgehead atoms. The van der Waals surface area contributed by atoms with Crippen LogP contribution in [-0.2, 0) is 0 Å². The van der Waals surface area contributed by atoms with Crippen LogP contribution < -0.4 is 10.5 Å². The summed E-state index contributed by atoms with van der Waals surface area (Å²) in [5, 5.41) is 8.70. The highest BCUT2D eigenvalue weighted by Crippen LogP contribution is 2.25. The average molecular weight is 265 g/mol. The van der Waals surface area contributed by atoms with Gasteiger partial charge in [0.1, 0.15) is 17.5 Å². The minimum Gasteiger partial charge on any atom is -0.312 e. The van der Waals surface area contributed by atoms with Crippen molar-refractivity contribution in [2.75, 3.05) is 4.90 Å². The third-order valence-electron chi connectivity index (χ3n) is 3.04. The van der Waals surface area contributed by atoms with Crippen LogP contribution in [0.15, 0.2) is 41.2 Å². The van der Waals surface area contributed by atoms with Crippen molar-refractivity contribution in [3.8, 4) is 6.07 Å². The van der Waals surface area contributed by atoms with Crippen LogP contribution in [0, 0.1) is 11.3 Å². The van der Waals surface area contributed by atoms with Gasteiger partial charge in [0, 0.05) is 0 Å². The lowest BCUT2D eigenvalue weighted by atomic mass is 10.1. The molecule has 20 heavy (non-hydrogen) atoms. The molecular weight excluding hydrogens is 258 g/mol. The smallest absolute Gasteiger partial charge is 0.273 e. The van der Waals surface area contributed by atoms with Crippen LogP contribution in [0.2, 0.25) is 0 Å². The first kappa shape index (κ1) is 11.9. The zero-order chi connectivity index (χ0) is 14.3. The van der Waals surface area contributed by atoms with Crippen LogP contribution >= 0.6 is 0 Å². The lowest BCUT2D eigenvalue weighted by Gasteiger charge is -2.12. The summed E-state index contributed by atoms with van der Waals surface area (Å²) < 4.78 is 0. The number of amides is 2. The first-order chi connectivity index (χ1) is 9.63. The number of pyridine rings is 1. The second kappa shape index (κ2) is 4.17. The molecule has 3 rings (SSSR count). The molecule has 0 radical (unpaired) electrons. The number of hydrogen-bond acceptors (Lipinski definition) is 4. The fourth-order valence-electron chi connectivity index (χ4n) is 2.12. The quantitative estimate of drug-likeness (QED) is 0.779. The molecular formula is C14H7N3O3. The van der Waals surface area contributed by atoms with E-state index in [0.717, 1.165) is 4.90 Å². The summed E-state index contributed by atoms with van der Waals surface area (Å²) in [4.78, 5) is 39.4. The molecule has 2 heterocycles. The van der Waals surface area contributed by atoms with Gasteiger partial charge in [0.05, 0.1) is 11.1 Å². The summed E-state index contributed by atoms with van der Waals surface area (Å²) in [5.74, 6) is -1.08. The van der Waals surface area contributed by atoms with Crippen molar-refractivity contribution in [3.63, 3.8) is 0 Å². The van der Waals surface area contributed by atoms with Crippen LogP contribution in [0.4, 0.5) is 5.69 Å². The van der Waals surface area contributed by atoms with Gasteiger partial charge in [0.25, 0.3) is 17.4 Å². The molecule has 1 N–H and O–H groups in total. The van der Waals surface area contributed by atoms with Crippen LogP contribution in [0.1, 0.15) is 26.4 Å². The first-order valence-corrected chi connectivity index (χ1v) is 5.74. The fraction of sp³-hybridized carbons (Fsp3) is 0. The van der Waals surface area contributed by atoms with Gasteiger partial charge in [-0.25, -0.2) is 4.90 Å². The van der Waals surface area contributed by atoms with E-state index in [4.69, 9.17) is 5.26 Å². The second-order valence-electron chi connectivity index (χ2n) is 4.19. The highest BCUT2D eigenvalue weighted by Gasteiger charge is 2.37. The SMILES string of the molecule is N#Cc1ccc(N2C(=O)c3ccccc3C2=O)c(=O)[nH]1. The zero-order valence-electron chi connectivity index (χ0n) is 10.1. The maximum absolute atomic E-state index is 12.2. The number of anilines is 1. The van der Waals surface area contributed by atoms with Crippen molar-refractivity contribution in [3.05, 3.63) is 63.6 Å². The molecule has 1 aliphatic rings. The Bertz CT molecular complexity index is 810. The molecule has 6 nitrogen and oxygen atoms in total. The van der Waals surface area contributed by atoms with E-state index < -0.39 is 17.4 Å². The van der Waals surface area contributed by atoms with Crippen LogP contribution in [0.5, 0.6) is 0 Å². The highest BCUT2D eigenvalue weighted by molar-refractivity contribution is 6.34. The Kier molecular flexibility index (Phi) is 2.48. The lowest BCUT2D eigenvalue weighted by molar-refractivity contribution is 0.0925. The predicted molar refractivity (Wildman–Crippen MR) is 69.4 cm³/mol. The zero-order valence-corrected chi connectivity index (χ0v) is 10.1. The fourth-order valence-corrected chi connectivity index (χ4v) is 2.12. The van der Waals surface area contributed by atoms with Gasteiger partial charge in [-0.2, -0.15) is 5.26 Å². The molecule has 1 aliphatic heterocycles.